The van der Waals surface area contributed by atoms with Crippen LogP contribution >= 0.6 is 0 Å². The van der Waals surface area contributed by atoms with Crippen molar-refractivity contribution in [3.05, 3.63) is 35.4 Å². The van der Waals surface area contributed by atoms with Gasteiger partial charge in [0.15, 0.2) is 0 Å². The third-order valence-corrected chi connectivity index (χ3v) is 8.60. The van der Waals surface area contributed by atoms with Crippen molar-refractivity contribution >= 4 is 20.0 Å². The maximum Gasteiger partial charge on any atom is 0.213 e. The van der Waals surface area contributed by atoms with Crippen LogP contribution in [0.5, 0.6) is 0 Å². The average Bonchev–Trinajstić information content (AvgIpc) is 2.65. The van der Waals surface area contributed by atoms with Crippen molar-refractivity contribution in [1.29, 1.82) is 0 Å². The Morgan fingerprint density at radius 3 is 2.17 bits per heavy atom. The first kappa shape index (κ1) is 24.3. The van der Waals surface area contributed by atoms with Crippen molar-refractivity contribution in [2.24, 2.45) is 11.8 Å². The first-order valence-electron chi connectivity index (χ1n) is 10.5. The zero-order valence-electron chi connectivity index (χ0n) is 18.0. The van der Waals surface area contributed by atoms with Crippen LogP contribution in [0.15, 0.2) is 24.3 Å². The van der Waals surface area contributed by atoms with Gasteiger partial charge in [-0.05, 0) is 74.8 Å². The Hall–Kier alpha value is -0.960. The van der Waals surface area contributed by atoms with E-state index in [9.17, 15) is 16.8 Å². The van der Waals surface area contributed by atoms with Crippen molar-refractivity contribution in [3.8, 4) is 0 Å². The zero-order valence-corrected chi connectivity index (χ0v) is 19.7. The molecule has 1 aliphatic carbocycles. The van der Waals surface area contributed by atoms with E-state index in [0.717, 1.165) is 25.7 Å². The molecule has 0 aromatic heterocycles. The van der Waals surface area contributed by atoms with Gasteiger partial charge in [0.1, 0.15) is 0 Å². The predicted octanol–water partition coefficient (Wildman–Crippen LogP) is 3.02. The van der Waals surface area contributed by atoms with E-state index in [4.69, 9.17) is 0 Å². The second-order valence-corrected chi connectivity index (χ2v) is 12.8. The lowest BCUT2D eigenvalue weighted by Gasteiger charge is -2.33. The number of sulfonamides is 2. The van der Waals surface area contributed by atoms with Crippen LogP contribution in [0.4, 0.5) is 0 Å². The molecular weight excluding hydrogens is 408 g/mol. The molecule has 1 unspecified atom stereocenters. The average molecular weight is 445 g/mol. The molecule has 29 heavy (non-hydrogen) atoms. The summed E-state index contributed by atoms with van der Waals surface area (Å²) in [5.41, 5.74) is 2.54. The molecule has 0 amide bonds. The fourth-order valence-corrected chi connectivity index (χ4v) is 5.41. The van der Waals surface area contributed by atoms with Crippen molar-refractivity contribution in [3.63, 3.8) is 0 Å². The van der Waals surface area contributed by atoms with Crippen LogP contribution in [-0.2, 0) is 26.5 Å². The van der Waals surface area contributed by atoms with Crippen LogP contribution in [0.2, 0.25) is 0 Å². The van der Waals surface area contributed by atoms with Crippen LogP contribution < -0.4 is 9.44 Å². The predicted molar refractivity (Wildman–Crippen MR) is 119 cm³/mol. The van der Waals surface area contributed by atoms with E-state index >= 15 is 0 Å². The van der Waals surface area contributed by atoms with E-state index in [1.54, 1.807) is 13.8 Å². The van der Waals surface area contributed by atoms with Crippen molar-refractivity contribution in [1.82, 2.24) is 9.44 Å². The summed E-state index contributed by atoms with van der Waals surface area (Å²) in [6.45, 7) is 6.45. The van der Waals surface area contributed by atoms with E-state index in [0.29, 0.717) is 37.3 Å². The highest BCUT2D eigenvalue weighted by atomic mass is 32.2. The SMILES string of the molecule is CC(CNS(=O)(=O)C(C)C)C1CCC(c2ccccc2CCNS(C)(=O)=O)CC1. The fraction of sp³-hybridized carbons (Fsp3) is 0.714. The molecule has 0 spiro atoms. The Balaban J connectivity index is 1.90. The number of hydrogen-bond donors (Lipinski definition) is 2. The normalized spacial score (nSPS) is 22.0. The molecule has 0 saturated heterocycles. The van der Waals surface area contributed by atoms with Gasteiger partial charge in [-0.1, -0.05) is 31.2 Å². The largest absolute Gasteiger partial charge is 0.215 e. The van der Waals surface area contributed by atoms with Crippen LogP contribution in [0.25, 0.3) is 0 Å². The Labute approximate surface area is 177 Å². The third kappa shape index (κ3) is 7.66. The van der Waals surface area contributed by atoms with Crippen molar-refractivity contribution in [2.75, 3.05) is 19.3 Å². The number of rotatable bonds is 10. The molecule has 1 fully saturated rings. The molecule has 1 atom stereocenters. The highest BCUT2D eigenvalue weighted by Gasteiger charge is 2.28. The second-order valence-electron chi connectivity index (χ2n) is 8.65. The van der Waals surface area contributed by atoms with Gasteiger partial charge in [0.25, 0.3) is 0 Å². The summed E-state index contributed by atoms with van der Waals surface area (Å²) in [4.78, 5) is 0. The third-order valence-electron chi connectivity index (χ3n) is 6.06. The minimum atomic E-state index is -3.21. The van der Waals surface area contributed by atoms with Crippen LogP contribution in [-0.4, -0.2) is 41.4 Å². The molecule has 166 valence electrons. The maximum atomic E-state index is 12.0. The number of nitrogens with one attached hydrogen (secondary N) is 2. The van der Waals surface area contributed by atoms with E-state index in [1.807, 2.05) is 6.07 Å². The lowest BCUT2D eigenvalue weighted by Crippen LogP contribution is -2.36. The minimum Gasteiger partial charge on any atom is -0.215 e. The van der Waals surface area contributed by atoms with E-state index in [2.05, 4.69) is 34.6 Å². The molecule has 1 aromatic rings. The van der Waals surface area contributed by atoms with Gasteiger partial charge in [-0.25, -0.2) is 26.3 Å². The number of hydrogen-bond acceptors (Lipinski definition) is 4. The first-order chi connectivity index (χ1) is 13.5. The molecular formula is C21H36N2O4S2. The molecule has 0 aliphatic heterocycles. The highest BCUT2D eigenvalue weighted by Crippen LogP contribution is 2.39. The molecule has 1 saturated carbocycles. The Morgan fingerprint density at radius 1 is 0.966 bits per heavy atom. The van der Waals surface area contributed by atoms with Crippen molar-refractivity contribution in [2.45, 2.75) is 64.0 Å². The first-order valence-corrected chi connectivity index (χ1v) is 13.9. The van der Waals surface area contributed by atoms with Gasteiger partial charge < -0.3 is 0 Å². The molecule has 1 aliphatic rings. The molecule has 0 radical (unpaired) electrons. The van der Waals surface area contributed by atoms with Crippen LogP contribution in [0.3, 0.4) is 0 Å². The fourth-order valence-electron chi connectivity index (χ4n) is 4.11. The molecule has 1 aromatic carbocycles. The van der Waals surface area contributed by atoms with Gasteiger partial charge in [-0.3, -0.25) is 0 Å². The lowest BCUT2D eigenvalue weighted by atomic mass is 9.73. The summed E-state index contributed by atoms with van der Waals surface area (Å²) in [5.74, 6) is 1.33. The highest BCUT2D eigenvalue weighted by molar-refractivity contribution is 7.90. The molecule has 0 bridgehead atoms. The Kier molecular flexibility index (Phi) is 8.70. The van der Waals surface area contributed by atoms with Crippen LogP contribution in [0, 0.1) is 11.8 Å². The molecule has 8 heteroatoms. The monoisotopic (exact) mass is 444 g/mol. The van der Waals surface area contributed by atoms with Gasteiger partial charge in [-0.2, -0.15) is 0 Å². The molecule has 2 rings (SSSR count). The van der Waals surface area contributed by atoms with E-state index in [-0.39, 0.29) is 0 Å². The quantitative estimate of drug-likeness (QED) is 0.580. The summed E-state index contributed by atoms with van der Waals surface area (Å²) in [6, 6.07) is 8.32. The summed E-state index contributed by atoms with van der Waals surface area (Å²) >= 11 is 0. The number of benzene rings is 1. The van der Waals surface area contributed by atoms with Gasteiger partial charge in [-0.15, -0.1) is 0 Å². The molecule has 0 heterocycles. The van der Waals surface area contributed by atoms with E-state index in [1.165, 1.54) is 17.4 Å². The summed E-state index contributed by atoms with van der Waals surface area (Å²) in [6.07, 6.45) is 6.22. The zero-order chi connectivity index (χ0) is 21.7. The van der Waals surface area contributed by atoms with Gasteiger partial charge in [0.2, 0.25) is 20.0 Å². The molecule has 2 N–H and O–H groups in total. The Morgan fingerprint density at radius 2 is 1.59 bits per heavy atom. The summed E-state index contributed by atoms with van der Waals surface area (Å²) in [7, 11) is -6.38. The second kappa shape index (κ2) is 10.4. The van der Waals surface area contributed by atoms with Gasteiger partial charge in [0.05, 0.1) is 11.5 Å². The van der Waals surface area contributed by atoms with Crippen LogP contribution in [0.1, 0.15) is 63.5 Å². The van der Waals surface area contributed by atoms with Gasteiger partial charge >= 0.3 is 0 Å². The summed E-state index contributed by atoms with van der Waals surface area (Å²) < 4.78 is 51.9. The van der Waals surface area contributed by atoms with E-state index < -0.39 is 25.3 Å². The maximum absolute atomic E-state index is 12.0. The lowest BCUT2D eigenvalue weighted by molar-refractivity contribution is 0.246. The Bertz CT molecular complexity index is 858. The minimum absolute atomic E-state index is 0.318. The van der Waals surface area contributed by atoms with Gasteiger partial charge in [0, 0.05) is 13.1 Å². The van der Waals surface area contributed by atoms with Crippen molar-refractivity contribution < 1.29 is 16.8 Å². The standard InChI is InChI=1S/C21H36N2O4S2/c1-16(2)29(26,27)23-15-17(3)18-9-11-20(12-10-18)21-8-6-5-7-19(21)13-14-22-28(4,24)25/h5-8,16-18,20,22-23H,9-15H2,1-4H3. The summed E-state index contributed by atoms with van der Waals surface area (Å²) in [5, 5.41) is -0.404. The molecule has 6 nitrogen and oxygen atoms in total. The smallest absolute Gasteiger partial charge is 0.213 e. The topological polar surface area (TPSA) is 92.3 Å².